The molecule has 2 aliphatic heterocycles. The number of likely N-dealkylation sites (N-methyl/N-ethyl adjacent to an activating group) is 1. The lowest BCUT2D eigenvalue weighted by molar-refractivity contribution is -0.140. The molecule has 0 N–H and O–H groups in total. The monoisotopic (exact) mass is 518 g/mol. The van der Waals surface area contributed by atoms with Gasteiger partial charge in [-0.15, -0.1) is 0 Å². The number of carbonyl (C=O) groups excluding carboxylic acids is 3. The van der Waals surface area contributed by atoms with E-state index in [-0.39, 0.29) is 35.7 Å². The van der Waals surface area contributed by atoms with Crippen LogP contribution in [0.1, 0.15) is 18.4 Å². The Morgan fingerprint density at radius 2 is 1.94 bits per heavy atom. The standard InChI is InChI=1S/C22H23BrN4O4S/c1-24-21(30)18(27(22(24)32)13-20(29)31-2)9-14-11-26(12-19(28)25-7-3-4-8-25)17-6-5-15(23)10-16(14)17/h5-6,9-11H,3-4,7-8,12-13H2,1-2H3/b18-9-. The SMILES string of the molecule is COC(=O)CN1C(=S)N(C)C(=O)/C1=C/c1cn(CC(=O)N2CCCC2)c2ccc(Br)cc12. The van der Waals surface area contributed by atoms with Crippen molar-refractivity contribution >= 4 is 68.0 Å². The predicted octanol–water partition coefficient (Wildman–Crippen LogP) is 2.60. The summed E-state index contributed by atoms with van der Waals surface area (Å²) in [6.45, 7) is 1.65. The van der Waals surface area contributed by atoms with Gasteiger partial charge in [0.2, 0.25) is 5.91 Å². The maximum atomic E-state index is 12.9. The number of nitrogens with zero attached hydrogens (tertiary/aromatic N) is 4. The van der Waals surface area contributed by atoms with E-state index >= 15 is 0 Å². The van der Waals surface area contributed by atoms with Gasteiger partial charge in [0.1, 0.15) is 18.8 Å². The molecule has 2 fully saturated rings. The fraction of sp³-hybridized carbons (Fsp3) is 0.364. The van der Waals surface area contributed by atoms with E-state index in [2.05, 4.69) is 15.9 Å². The van der Waals surface area contributed by atoms with Gasteiger partial charge in [0.05, 0.1) is 7.11 Å². The molecule has 3 heterocycles. The molecular formula is C22H23BrN4O4S. The number of esters is 1. The van der Waals surface area contributed by atoms with E-state index in [0.29, 0.717) is 0 Å². The molecule has 0 unspecified atom stereocenters. The Morgan fingerprint density at radius 1 is 1.22 bits per heavy atom. The summed E-state index contributed by atoms with van der Waals surface area (Å²) in [6.07, 6.45) is 5.65. The Hall–Kier alpha value is -2.72. The molecular weight excluding hydrogens is 496 g/mol. The molecule has 4 rings (SSSR count). The van der Waals surface area contributed by atoms with Gasteiger partial charge in [-0.3, -0.25) is 19.3 Å². The molecule has 0 atom stereocenters. The number of halogens is 1. The molecule has 2 saturated heterocycles. The summed E-state index contributed by atoms with van der Waals surface area (Å²) in [7, 11) is 2.86. The first kappa shape index (κ1) is 22.5. The molecule has 10 heteroatoms. The van der Waals surface area contributed by atoms with Crippen LogP contribution >= 0.6 is 28.1 Å². The smallest absolute Gasteiger partial charge is 0.325 e. The van der Waals surface area contributed by atoms with Crippen molar-refractivity contribution in [2.45, 2.75) is 19.4 Å². The van der Waals surface area contributed by atoms with Crippen LogP contribution in [-0.4, -0.2) is 76.0 Å². The Bertz CT molecular complexity index is 1150. The van der Waals surface area contributed by atoms with Gasteiger partial charge < -0.3 is 19.1 Å². The highest BCUT2D eigenvalue weighted by Crippen LogP contribution is 2.30. The average molecular weight is 519 g/mol. The van der Waals surface area contributed by atoms with Gasteiger partial charge in [0.25, 0.3) is 5.91 Å². The lowest BCUT2D eigenvalue weighted by Gasteiger charge is -2.16. The lowest BCUT2D eigenvalue weighted by atomic mass is 10.1. The van der Waals surface area contributed by atoms with Crippen LogP contribution in [-0.2, 0) is 25.7 Å². The number of benzene rings is 1. The Morgan fingerprint density at radius 3 is 2.62 bits per heavy atom. The van der Waals surface area contributed by atoms with Crippen molar-refractivity contribution in [1.82, 2.24) is 19.3 Å². The third-order valence-electron chi connectivity index (χ3n) is 5.78. The van der Waals surface area contributed by atoms with Gasteiger partial charge in [-0.2, -0.15) is 0 Å². The van der Waals surface area contributed by atoms with Crippen LogP contribution in [0.3, 0.4) is 0 Å². The van der Waals surface area contributed by atoms with E-state index in [1.54, 1.807) is 13.1 Å². The van der Waals surface area contributed by atoms with E-state index in [0.717, 1.165) is 46.9 Å². The first-order chi connectivity index (χ1) is 15.3. The normalized spacial score (nSPS) is 17.8. The van der Waals surface area contributed by atoms with Gasteiger partial charge >= 0.3 is 5.97 Å². The molecule has 2 aromatic rings. The minimum absolute atomic E-state index is 0.0756. The van der Waals surface area contributed by atoms with Crippen molar-refractivity contribution in [3.8, 4) is 0 Å². The Labute approximate surface area is 199 Å². The number of thiocarbonyl (C=S) groups is 1. The summed E-state index contributed by atoms with van der Waals surface area (Å²) < 4.78 is 7.55. The number of methoxy groups -OCH3 is 1. The van der Waals surface area contributed by atoms with Crippen molar-refractivity contribution in [3.05, 3.63) is 40.1 Å². The van der Waals surface area contributed by atoms with Crippen molar-refractivity contribution in [2.75, 3.05) is 33.8 Å². The van der Waals surface area contributed by atoms with Gasteiger partial charge in [-0.1, -0.05) is 15.9 Å². The molecule has 0 bridgehead atoms. The fourth-order valence-electron chi connectivity index (χ4n) is 4.05. The van der Waals surface area contributed by atoms with Crippen molar-refractivity contribution < 1.29 is 19.1 Å². The minimum Gasteiger partial charge on any atom is -0.468 e. The van der Waals surface area contributed by atoms with Crippen LogP contribution in [0.15, 0.2) is 34.6 Å². The summed E-state index contributed by atoms with van der Waals surface area (Å²) in [5, 5.41) is 1.12. The molecule has 1 aromatic carbocycles. The van der Waals surface area contributed by atoms with E-state index in [1.807, 2.05) is 33.9 Å². The van der Waals surface area contributed by atoms with Crippen molar-refractivity contribution in [2.24, 2.45) is 0 Å². The zero-order chi connectivity index (χ0) is 23.0. The number of aromatic nitrogens is 1. The first-order valence-corrected chi connectivity index (χ1v) is 11.4. The summed E-state index contributed by atoms with van der Waals surface area (Å²) in [6, 6.07) is 5.81. The van der Waals surface area contributed by atoms with Crippen LogP contribution in [0.2, 0.25) is 0 Å². The second-order valence-electron chi connectivity index (χ2n) is 7.80. The molecule has 0 saturated carbocycles. The van der Waals surface area contributed by atoms with Gasteiger partial charge in [-0.05, 0) is 49.3 Å². The number of ether oxygens (including phenoxy) is 1. The molecule has 2 aliphatic rings. The molecule has 8 nitrogen and oxygen atoms in total. The maximum Gasteiger partial charge on any atom is 0.325 e. The number of likely N-dealkylation sites (tertiary alicyclic amines) is 1. The second kappa shape index (κ2) is 9.03. The summed E-state index contributed by atoms with van der Waals surface area (Å²) in [5.41, 5.74) is 1.92. The minimum atomic E-state index is -0.497. The maximum absolute atomic E-state index is 12.9. The molecule has 32 heavy (non-hydrogen) atoms. The largest absolute Gasteiger partial charge is 0.468 e. The summed E-state index contributed by atoms with van der Waals surface area (Å²) in [5.74, 6) is -0.725. The van der Waals surface area contributed by atoms with Crippen LogP contribution < -0.4 is 0 Å². The van der Waals surface area contributed by atoms with E-state index in [9.17, 15) is 14.4 Å². The zero-order valence-electron chi connectivity index (χ0n) is 17.8. The quantitative estimate of drug-likeness (QED) is 0.344. The topological polar surface area (TPSA) is 75.1 Å². The second-order valence-corrected chi connectivity index (χ2v) is 9.08. The highest BCUT2D eigenvalue weighted by Gasteiger charge is 2.37. The lowest BCUT2D eigenvalue weighted by Crippen LogP contribution is -2.33. The van der Waals surface area contributed by atoms with E-state index in [1.165, 1.54) is 16.9 Å². The predicted molar refractivity (Wildman–Crippen MR) is 128 cm³/mol. The fourth-order valence-corrected chi connectivity index (χ4v) is 4.65. The van der Waals surface area contributed by atoms with Crippen molar-refractivity contribution in [1.29, 1.82) is 0 Å². The molecule has 0 radical (unpaired) electrons. The van der Waals surface area contributed by atoms with E-state index < -0.39 is 5.97 Å². The Kier molecular flexibility index (Phi) is 6.34. The highest BCUT2D eigenvalue weighted by molar-refractivity contribution is 9.10. The molecule has 2 amide bonds. The van der Waals surface area contributed by atoms with Crippen molar-refractivity contribution in [3.63, 3.8) is 0 Å². The third kappa shape index (κ3) is 4.16. The van der Waals surface area contributed by atoms with E-state index in [4.69, 9.17) is 17.0 Å². The zero-order valence-corrected chi connectivity index (χ0v) is 20.2. The molecule has 1 aromatic heterocycles. The van der Waals surface area contributed by atoms with Gasteiger partial charge in [0.15, 0.2) is 5.11 Å². The third-order valence-corrected chi connectivity index (χ3v) is 6.77. The molecule has 168 valence electrons. The van der Waals surface area contributed by atoms with Gasteiger partial charge in [0, 0.05) is 47.3 Å². The Balaban J connectivity index is 1.75. The van der Waals surface area contributed by atoms with Crippen LogP contribution in [0.4, 0.5) is 0 Å². The molecule has 0 aliphatic carbocycles. The highest BCUT2D eigenvalue weighted by atomic mass is 79.9. The average Bonchev–Trinajstić information content (AvgIpc) is 3.47. The number of hydrogen-bond acceptors (Lipinski definition) is 5. The summed E-state index contributed by atoms with van der Waals surface area (Å²) in [4.78, 5) is 42.2. The number of rotatable bonds is 5. The van der Waals surface area contributed by atoms with Crippen LogP contribution in [0, 0.1) is 0 Å². The number of hydrogen-bond donors (Lipinski definition) is 0. The number of carbonyl (C=O) groups is 3. The van der Waals surface area contributed by atoms with Crippen LogP contribution in [0.25, 0.3) is 17.0 Å². The molecule has 0 spiro atoms. The van der Waals surface area contributed by atoms with Crippen LogP contribution in [0.5, 0.6) is 0 Å². The summed E-state index contributed by atoms with van der Waals surface area (Å²) >= 11 is 8.87. The number of fused-ring (bicyclic) bond motifs is 1. The first-order valence-electron chi connectivity index (χ1n) is 10.2. The van der Waals surface area contributed by atoms with Gasteiger partial charge in [-0.25, -0.2) is 0 Å². The number of amides is 2.